The van der Waals surface area contributed by atoms with E-state index in [9.17, 15) is 0 Å². The van der Waals surface area contributed by atoms with E-state index in [-0.39, 0.29) is 5.54 Å². The van der Waals surface area contributed by atoms with Crippen LogP contribution in [0.4, 0.5) is 0 Å². The predicted octanol–water partition coefficient (Wildman–Crippen LogP) is 0.942. The summed E-state index contributed by atoms with van der Waals surface area (Å²) < 4.78 is 0. The Kier molecular flexibility index (Phi) is 2.94. The van der Waals surface area contributed by atoms with Crippen molar-refractivity contribution < 1.29 is 0 Å². The normalized spacial score (nSPS) is 44.1. The maximum Gasteiger partial charge on any atom is 0.0464 e. The number of piperidine rings is 3. The van der Waals surface area contributed by atoms with E-state index >= 15 is 0 Å². The number of fused-ring (bicyclic) bond motifs is 3. The second kappa shape index (κ2) is 4.28. The van der Waals surface area contributed by atoms with Crippen LogP contribution in [0.3, 0.4) is 0 Å². The van der Waals surface area contributed by atoms with Crippen LogP contribution in [0.25, 0.3) is 0 Å². The van der Waals surface area contributed by atoms with Gasteiger partial charge in [0.05, 0.1) is 0 Å². The SMILES string of the molecule is NCC1(NC2CCCC2)CN2CCC1CC2. The Hall–Kier alpha value is -0.120. The van der Waals surface area contributed by atoms with Crippen LogP contribution in [-0.4, -0.2) is 42.7 Å². The predicted molar refractivity (Wildman–Crippen MR) is 66.3 cm³/mol. The fraction of sp³-hybridized carbons (Fsp3) is 1.00. The first kappa shape index (κ1) is 11.0. The molecule has 4 fully saturated rings. The summed E-state index contributed by atoms with van der Waals surface area (Å²) in [7, 11) is 0. The molecule has 0 amide bonds. The van der Waals surface area contributed by atoms with E-state index in [0.29, 0.717) is 0 Å². The lowest BCUT2D eigenvalue weighted by Gasteiger charge is -2.54. The third-order valence-corrected chi connectivity index (χ3v) is 5.09. The van der Waals surface area contributed by atoms with Gasteiger partial charge in [0, 0.05) is 24.7 Å². The molecule has 0 aromatic carbocycles. The molecule has 3 nitrogen and oxygen atoms in total. The molecule has 3 heteroatoms. The lowest BCUT2D eigenvalue weighted by atomic mass is 9.72. The summed E-state index contributed by atoms with van der Waals surface area (Å²) in [6.45, 7) is 4.63. The van der Waals surface area contributed by atoms with Crippen molar-refractivity contribution in [2.45, 2.75) is 50.1 Å². The molecule has 92 valence electrons. The third-order valence-electron chi connectivity index (χ3n) is 5.09. The Balaban J connectivity index is 1.72. The van der Waals surface area contributed by atoms with Crippen LogP contribution >= 0.6 is 0 Å². The number of nitrogens with zero attached hydrogens (tertiary/aromatic N) is 1. The maximum atomic E-state index is 6.11. The number of rotatable bonds is 3. The first-order chi connectivity index (χ1) is 7.82. The largest absolute Gasteiger partial charge is 0.329 e. The first-order valence-electron chi connectivity index (χ1n) is 7.02. The second-order valence-electron chi connectivity index (χ2n) is 6.04. The van der Waals surface area contributed by atoms with Gasteiger partial charge in [0.15, 0.2) is 0 Å². The molecule has 0 spiro atoms. The molecule has 2 bridgehead atoms. The smallest absolute Gasteiger partial charge is 0.0464 e. The van der Waals surface area contributed by atoms with Gasteiger partial charge >= 0.3 is 0 Å². The van der Waals surface area contributed by atoms with Gasteiger partial charge < -0.3 is 16.0 Å². The monoisotopic (exact) mass is 223 g/mol. The van der Waals surface area contributed by atoms with Crippen molar-refractivity contribution >= 4 is 0 Å². The minimum absolute atomic E-state index is 0.255. The number of nitrogens with one attached hydrogen (secondary N) is 1. The molecule has 16 heavy (non-hydrogen) atoms. The standard InChI is InChI=1S/C13H25N3/c14-9-13(15-12-3-1-2-4-12)10-16-7-5-11(13)6-8-16/h11-12,15H,1-10,14H2. The van der Waals surface area contributed by atoms with E-state index in [0.717, 1.165) is 18.5 Å². The van der Waals surface area contributed by atoms with Crippen molar-refractivity contribution in [1.29, 1.82) is 0 Å². The molecule has 0 aromatic heterocycles. The Morgan fingerprint density at radius 3 is 2.31 bits per heavy atom. The van der Waals surface area contributed by atoms with Crippen LogP contribution in [0, 0.1) is 5.92 Å². The van der Waals surface area contributed by atoms with Crippen LogP contribution in [-0.2, 0) is 0 Å². The molecule has 0 radical (unpaired) electrons. The van der Waals surface area contributed by atoms with Crippen LogP contribution in [0.1, 0.15) is 38.5 Å². The van der Waals surface area contributed by atoms with E-state index in [4.69, 9.17) is 5.73 Å². The van der Waals surface area contributed by atoms with Gasteiger partial charge in [-0.2, -0.15) is 0 Å². The average Bonchev–Trinajstić information content (AvgIpc) is 2.83. The molecule has 3 saturated heterocycles. The first-order valence-corrected chi connectivity index (χ1v) is 7.02. The summed E-state index contributed by atoms with van der Waals surface area (Å²) in [4.78, 5) is 2.61. The topological polar surface area (TPSA) is 41.3 Å². The second-order valence-corrected chi connectivity index (χ2v) is 6.04. The van der Waals surface area contributed by atoms with Crippen molar-refractivity contribution in [2.75, 3.05) is 26.2 Å². The molecule has 1 aliphatic carbocycles. The molecule has 0 aromatic rings. The van der Waals surface area contributed by atoms with E-state index in [2.05, 4.69) is 10.2 Å². The molecule has 1 unspecified atom stereocenters. The van der Waals surface area contributed by atoms with Gasteiger partial charge in [-0.05, 0) is 44.7 Å². The van der Waals surface area contributed by atoms with Crippen molar-refractivity contribution in [2.24, 2.45) is 11.7 Å². The van der Waals surface area contributed by atoms with Gasteiger partial charge in [-0.3, -0.25) is 0 Å². The van der Waals surface area contributed by atoms with E-state index in [1.807, 2.05) is 0 Å². The minimum Gasteiger partial charge on any atom is -0.329 e. The van der Waals surface area contributed by atoms with Gasteiger partial charge in [-0.15, -0.1) is 0 Å². The quantitative estimate of drug-likeness (QED) is 0.748. The van der Waals surface area contributed by atoms with Crippen molar-refractivity contribution in [3.05, 3.63) is 0 Å². The highest BCUT2D eigenvalue weighted by Crippen LogP contribution is 2.36. The lowest BCUT2D eigenvalue weighted by Crippen LogP contribution is -2.70. The highest BCUT2D eigenvalue weighted by Gasteiger charge is 2.46. The highest BCUT2D eigenvalue weighted by atomic mass is 15.2. The summed E-state index contributed by atoms with van der Waals surface area (Å²) in [5.41, 5.74) is 6.37. The Morgan fingerprint density at radius 2 is 1.81 bits per heavy atom. The summed E-state index contributed by atoms with van der Waals surface area (Å²) in [5, 5.41) is 3.95. The Bertz CT molecular complexity index is 242. The molecular weight excluding hydrogens is 198 g/mol. The summed E-state index contributed by atoms with van der Waals surface area (Å²) in [6.07, 6.45) is 8.27. The molecule has 1 atom stereocenters. The summed E-state index contributed by atoms with van der Waals surface area (Å²) in [6, 6.07) is 0.754. The van der Waals surface area contributed by atoms with E-state index in [1.165, 1.54) is 58.2 Å². The van der Waals surface area contributed by atoms with Crippen molar-refractivity contribution in [3.8, 4) is 0 Å². The average molecular weight is 223 g/mol. The molecule has 1 saturated carbocycles. The maximum absolute atomic E-state index is 6.11. The van der Waals surface area contributed by atoms with Gasteiger partial charge in [-0.25, -0.2) is 0 Å². The highest BCUT2D eigenvalue weighted by molar-refractivity contribution is 5.06. The van der Waals surface area contributed by atoms with E-state index in [1.54, 1.807) is 0 Å². The number of hydrogen-bond acceptors (Lipinski definition) is 3. The number of hydrogen-bond donors (Lipinski definition) is 2. The zero-order valence-corrected chi connectivity index (χ0v) is 10.3. The van der Waals surface area contributed by atoms with Crippen LogP contribution in [0.15, 0.2) is 0 Å². The Morgan fingerprint density at radius 1 is 1.12 bits per heavy atom. The van der Waals surface area contributed by atoms with Gasteiger partial charge in [-0.1, -0.05) is 12.8 Å². The molecule has 4 aliphatic rings. The fourth-order valence-corrected chi connectivity index (χ4v) is 4.10. The van der Waals surface area contributed by atoms with Crippen molar-refractivity contribution in [1.82, 2.24) is 10.2 Å². The molecule has 3 aliphatic heterocycles. The fourth-order valence-electron chi connectivity index (χ4n) is 4.10. The Labute approximate surface area is 98.8 Å². The summed E-state index contributed by atoms with van der Waals surface area (Å²) in [5.74, 6) is 0.836. The third kappa shape index (κ3) is 1.79. The molecule has 3 N–H and O–H groups in total. The zero-order chi connectivity index (χ0) is 11.0. The zero-order valence-electron chi connectivity index (χ0n) is 10.3. The van der Waals surface area contributed by atoms with Crippen LogP contribution in [0.5, 0.6) is 0 Å². The van der Waals surface area contributed by atoms with Crippen LogP contribution in [0.2, 0.25) is 0 Å². The lowest BCUT2D eigenvalue weighted by molar-refractivity contribution is 0.00471. The molecule has 3 heterocycles. The van der Waals surface area contributed by atoms with Gasteiger partial charge in [0.25, 0.3) is 0 Å². The molecule has 4 rings (SSSR count). The van der Waals surface area contributed by atoms with Crippen molar-refractivity contribution in [3.63, 3.8) is 0 Å². The van der Waals surface area contributed by atoms with Crippen LogP contribution < -0.4 is 11.1 Å². The number of nitrogens with two attached hydrogens (primary N) is 1. The van der Waals surface area contributed by atoms with Gasteiger partial charge in [0.2, 0.25) is 0 Å². The van der Waals surface area contributed by atoms with E-state index < -0.39 is 0 Å². The summed E-state index contributed by atoms with van der Waals surface area (Å²) >= 11 is 0. The van der Waals surface area contributed by atoms with Gasteiger partial charge in [0.1, 0.15) is 0 Å². The molecular formula is C13H25N3. The minimum atomic E-state index is 0.255.